The fourth-order valence-corrected chi connectivity index (χ4v) is 5.74. The lowest BCUT2D eigenvalue weighted by Crippen LogP contribution is -2.24. The van der Waals surface area contributed by atoms with Crippen molar-refractivity contribution in [1.29, 1.82) is 0 Å². The van der Waals surface area contributed by atoms with Crippen LogP contribution in [-0.4, -0.2) is 11.4 Å². The number of benzene rings is 4. The summed E-state index contributed by atoms with van der Waals surface area (Å²) in [7, 11) is 0. The van der Waals surface area contributed by atoms with E-state index in [9.17, 15) is 4.79 Å². The SMILES string of the molecule is Cc1cc(-c2cc(C)c(OC(C)(C)C)c(CBr)c2)cc(CBr)c1Oc1ccc(C(=O)c2ccc(C(C)(C)C)cc2)cc1. The van der Waals surface area contributed by atoms with Gasteiger partial charge in [-0.15, -0.1) is 0 Å². The molecule has 0 saturated heterocycles. The van der Waals surface area contributed by atoms with Crippen molar-refractivity contribution in [3.63, 3.8) is 0 Å². The number of rotatable bonds is 8. The zero-order valence-corrected chi connectivity index (χ0v) is 29.0. The van der Waals surface area contributed by atoms with Gasteiger partial charge in [0.1, 0.15) is 22.8 Å². The van der Waals surface area contributed by atoms with Crippen molar-refractivity contribution >= 4 is 37.6 Å². The van der Waals surface area contributed by atoms with Crippen LogP contribution in [0.25, 0.3) is 11.1 Å². The van der Waals surface area contributed by atoms with Gasteiger partial charge in [0.05, 0.1) is 0 Å². The first-order valence-electron chi connectivity index (χ1n) is 14.2. The molecule has 42 heavy (non-hydrogen) atoms. The molecule has 5 heteroatoms. The van der Waals surface area contributed by atoms with E-state index in [-0.39, 0.29) is 16.8 Å². The summed E-state index contributed by atoms with van der Waals surface area (Å²) in [4.78, 5) is 13.1. The van der Waals surface area contributed by atoms with Gasteiger partial charge < -0.3 is 9.47 Å². The van der Waals surface area contributed by atoms with E-state index in [1.54, 1.807) is 0 Å². The number of hydrogen-bond donors (Lipinski definition) is 0. The number of halogens is 2. The van der Waals surface area contributed by atoms with Crippen LogP contribution in [-0.2, 0) is 16.1 Å². The summed E-state index contributed by atoms with van der Waals surface area (Å²) in [5.41, 5.74) is 8.88. The van der Waals surface area contributed by atoms with Gasteiger partial charge in [-0.05, 0) is 116 Å². The number of alkyl halides is 2. The molecule has 0 aliphatic heterocycles. The number of carbonyl (C=O) groups is 1. The Balaban J connectivity index is 1.58. The smallest absolute Gasteiger partial charge is 0.193 e. The first kappa shape index (κ1) is 32.0. The maximum atomic E-state index is 13.1. The normalized spacial score (nSPS) is 11.9. The van der Waals surface area contributed by atoms with Crippen LogP contribution in [0.5, 0.6) is 17.2 Å². The minimum atomic E-state index is -0.273. The van der Waals surface area contributed by atoms with E-state index < -0.39 is 0 Å². The predicted molar refractivity (Wildman–Crippen MR) is 182 cm³/mol. The first-order chi connectivity index (χ1) is 19.7. The lowest BCUT2D eigenvalue weighted by molar-refractivity contribution is 0.103. The summed E-state index contributed by atoms with van der Waals surface area (Å²) in [5.74, 6) is 2.44. The van der Waals surface area contributed by atoms with Gasteiger partial charge >= 0.3 is 0 Å². The third-order valence-corrected chi connectivity index (χ3v) is 8.29. The zero-order valence-electron chi connectivity index (χ0n) is 25.8. The second-order valence-corrected chi connectivity index (χ2v) is 13.9. The van der Waals surface area contributed by atoms with Crippen LogP contribution < -0.4 is 9.47 Å². The molecule has 0 atom stereocenters. The monoisotopic (exact) mass is 690 g/mol. The van der Waals surface area contributed by atoms with Crippen LogP contribution in [0, 0.1) is 13.8 Å². The van der Waals surface area contributed by atoms with E-state index in [0.717, 1.165) is 44.9 Å². The second-order valence-electron chi connectivity index (χ2n) is 12.8. The molecule has 0 N–H and O–H groups in total. The predicted octanol–water partition coefficient (Wildman–Crippen LogP) is 11.3. The lowest BCUT2D eigenvalue weighted by atomic mass is 9.86. The molecule has 0 amide bonds. The van der Waals surface area contributed by atoms with Crippen LogP contribution >= 0.6 is 31.9 Å². The fraction of sp³-hybridized carbons (Fsp3) is 0.324. The molecule has 4 rings (SSSR count). The highest BCUT2D eigenvalue weighted by Gasteiger charge is 2.19. The quantitative estimate of drug-likeness (QED) is 0.136. The molecule has 220 valence electrons. The molecule has 0 spiro atoms. The molecule has 0 radical (unpaired) electrons. The van der Waals surface area contributed by atoms with Crippen LogP contribution in [0.4, 0.5) is 0 Å². The Morgan fingerprint density at radius 3 is 1.57 bits per heavy atom. The summed E-state index contributed by atoms with van der Waals surface area (Å²) >= 11 is 7.33. The molecule has 0 bridgehead atoms. The molecule has 0 fully saturated rings. The molecule has 0 aliphatic carbocycles. The van der Waals surface area contributed by atoms with Gasteiger partial charge in [0, 0.05) is 32.9 Å². The summed E-state index contributed by atoms with van der Waals surface area (Å²) < 4.78 is 12.7. The van der Waals surface area contributed by atoms with Crippen molar-refractivity contribution in [2.75, 3.05) is 0 Å². The van der Waals surface area contributed by atoms with Gasteiger partial charge in [-0.1, -0.05) is 76.9 Å². The van der Waals surface area contributed by atoms with Gasteiger partial charge in [-0.2, -0.15) is 0 Å². The summed E-state index contributed by atoms with van der Waals surface area (Å²) in [6.07, 6.45) is 0. The Labute approximate surface area is 267 Å². The topological polar surface area (TPSA) is 35.5 Å². The second kappa shape index (κ2) is 12.8. The van der Waals surface area contributed by atoms with Gasteiger partial charge in [-0.25, -0.2) is 0 Å². The molecular weight excluding hydrogens is 652 g/mol. The van der Waals surface area contributed by atoms with Crippen LogP contribution in [0.15, 0.2) is 72.8 Å². The average Bonchev–Trinajstić information content (AvgIpc) is 2.93. The van der Waals surface area contributed by atoms with Crippen LogP contribution in [0.3, 0.4) is 0 Å². The molecule has 4 aromatic rings. The molecule has 0 unspecified atom stereocenters. The highest BCUT2D eigenvalue weighted by Crippen LogP contribution is 2.38. The molecule has 3 nitrogen and oxygen atoms in total. The maximum absolute atomic E-state index is 13.1. The number of aryl methyl sites for hydroxylation is 2. The van der Waals surface area contributed by atoms with Gasteiger partial charge in [0.2, 0.25) is 0 Å². The molecule has 0 aromatic heterocycles. The summed E-state index contributed by atoms with van der Waals surface area (Å²) in [6.45, 7) is 16.9. The number of ketones is 1. The van der Waals surface area contributed by atoms with Gasteiger partial charge in [0.25, 0.3) is 0 Å². The maximum Gasteiger partial charge on any atom is 0.193 e. The molecule has 0 heterocycles. The number of carbonyl (C=O) groups excluding carboxylic acids is 1. The van der Waals surface area contributed by atoms with Crippen molar-refractivity contribution in [1.82, 2.24) is 0 Å². The highest BCUT2D eigenvalue weighted by molar-refractivity contribution is 9.08. The van der Waals surface area contributed by atoms with Crippen molar-refractivity contribution in [3.05, 3.63) is 112 Å². The van der Waals surface area contributed by atoms with E-state index in [2.05, 4.69) is 112 Å². The third kappa shape index (κ3) is 7.54. The van der Waals surface area contributed by atoms with Crippen molar-refractivity contribution < 1.29 is 14.3 Å². The van der Waals surface area contributed by atoms with Crippen LogP contribution in [0.1, 0.15) is 85.3 Å². The molecule has 0 saturated carbocycles. The molecule has 4 aromatic carbocycles. The van der Waals surface area contributed by atoms with E-state index in [0.29, 0.717) is 27.5 Å². The van der Waals surface area contributed by atoms with E-state index in [1.807, 2.05) is 48.5 Å². The van der Waals surface area contributed by atoms with Gasteiger partial charge in [0.15, 0.2) is 5.78 Å². The number of hydrogen-bond acceptors (Lipinski definition) is 3. The summed E-state index contributed by atoms with van der Waals surface area (Å²) in [5, 5.41) is 1.35. The van der Waals surface area contributed by atoms with E-state index in [4.69, 9.17) is 9.47 Å². The first-order valence-corrected chi connectivity index (χ1v) is 16.5. The third-order valence-electron chi connectivity index (χ3n) is 7.08. The standard InChI is InChI=1S/C37H40Br2O3/c1-23-17-27(28-18-24(2)35(30(20-28)22-39)42-37(6,7)8)19-29(21-38)34(23)41-32-15-11-26(12-16-32)33(40)25-9-13-31(14-10-25)36(3,4)5/h9-20H,21-22H2,1-8H3. The fourth-order valence-electron chi connectivity index (χ4n) is 4.90. The Bertz CT molecular complexity index is 1570. The Morgan fingerprint density at radius 1 is 0.667 bits per heavy atom. The van der Waals surface area contributed by atoms with Crippen molar-refractivity contribution in [3.8, 4) is 28.4 Å². The Hall–Kier alpha value is -2.89. The van der Waals surface area contributed by atoms with E-state index in [1.165, 1.54) is 5.56 Å². The van der Waals surface area contributed by atoms with Crippen molar-refractivity contribution in [2.24, 2.45) is 0 Å². The van der Waals surface area contributed by atoms with E-state index >= 15 is 0 Å². The van der Waals surface area contributed by atoms with Crippen LogP contribution in [0.2, 0.25) is 0 Å². The van der Waals surface area contributed by atoms with Gasteiger partial charge in [-0.3, -0.25) is 4.79 Å². The lowest BCUT2D eigenvalue weighted by Gasteiger charge is -2.25. The van der Waals surface area contributed by atoms with Crippen molar-refractivity contribution in [2.45, 2.75) is 77.1 Å². The largest absolute Gasteiger partial charge is 0.488 e. The number of ether oxygens (including phenoxy) is 2. The minimum absolute atomic E-state index is 0.000695. The molecular formula is C37H40Br2O3. The average molecular weight is 693 g/mol. The Kier molecular flexibility index (Phi) is 9.74. The zero-order chi connectivity index (χ0) is 30.8. The summed E-state index contributed by atoms with van der Waals surface area (Å²) in [6, 6.07) is 24.0. The Morgan fingerprint density at radius 2 is 1.12 bits per heavy atom. The molecule has 0 aliphatic rings. The minimum Gasteiger partial charge on any atom is -0.488 e. The highest BCUT2D eigenvalue weighted by atomic mass is 79.9.